The van der Waals surface area contributed by atoms with Gasteiger partial charge in [-0.15, -0.1) is 11.3 Å². The molecule has 2 amide bonds. The summed E-state index contributed by atoms with van der Waals surface area (Å²) < 4.78 is 17.7. The highest BCUT2D eigenvalue weighted by atomic mass is 32.2. The van der Waals surface area contributed by atoms with E-state index in [9.17, 15) is 13.8 Å². The lowest BCUT2D eigenvalue weighted by molar-refractivity contribution is -0.127. The first-order valence-corrected chi connectivity index (χ1v) is 12.7. The summed E-state index contributed by atoms with van der Waals surface area (Å²) in [6.45, 7) is 1.02. The minimum atomic E-state index is -1.03. The van der Waals surface area contributed by atoms with E-state index in [1.807, 2.05) is 0 Å². The fourth-order valence-electron chi connectivity index (χ4n) is 3.08. The predicted molar refractivity (Wildman–Crippen MR) is 126 cm³/mol. The molecule has 2 fully saturated rings. The van der Waals surface area contributed by atoms with Crippen LogP contribution < -0.4 is 5.32 Å². The van der Waals surface area contributed by atoms with Crippen LogP contribution in [0.4, 0.5) is 5.13 Å². The van der Waals surface area contributed by atoms with Crippen molar-refractivity contribution in [3.8, 4) is 0 Å². The van der Waals surface area contributed by atoms with Gasteiger partial charge in [0.25, 0.3) is 5.91 Å². The van der Waals surface area contributed by atoms with Gasteiger partial charge in [0.15, 0.2) is 16.9 Å². The van der Waals surface area contributed by atoms with Gasteiger partial charge in [0.2, 0.25) is 5.91 Å². The van der Waals surface area contributed by atoms with Crippen molar-refractivity contribution in [2.75, 3.05) is 32.6 Å². The number of ether oxygens (including phenoxy) is 1. The molecule has 1 aromatic heterocycles. The van der Waals surface area contributed by atoms with Crippen molar-refractivity contribution in [2.24, 2.45) is 5.16 Å². The van der Waals surface area contributed by atoms with Gasteiger partial charge in [-0.1, -0.05) is 17.3 Å². The molecule has 2 atom stereocenters. The Morgan fingerprint density at radius 3 is 2.67 bits per heavy atom. The van der Waals surface area contributed by atoms with E-state index in [-0.39, 0.29) is 29.4 Å². The highest BCUT2D eigenvalue weighted by molar-refractivity contribution is 7.86. The molecule has 2 aliphatic rings. The number of rotatable bonds is 9. The molecule has 1 saturated carbocycles. The molecule has 1 unspecified atom stereocenters. The Morgan fingerprint density at radius 2 is 2.03 bits per heavy atom. The number of carbonyl (C=O) groups is 2. The molecular weight excluding hydrogens is 464 g/mol. The van der Waals surface area contributed by atoms with Crippen LogP contribution in [0.3, 0.4) is 0 Å². The van der Waals surface area contributed by atoms with E-state index < -0.39 is 16.7 Å². The molecule has 0 bridgehead atoms. The highest BCUT2D eigenvalue weighted by Gasteiger charge is 2.29. The number of amides is 2. The normalized spacial score (nSPS) is 19.2. The molecule has 33 heavy (non-hydrogen) atoms. The van der Waals surface area contributed by atoms with Gasteiger partial charge in [0.1, 0.15) is 0 Å². The smallest absolute Gasteiger partial charge is 0.280 e. The van der Waals surface area contributed by atoms with Crippen molar-refractivity contribution in [2.45, 2.75) is 41.9 Å². The second kappa shape index (κ2) is 10.5. The average Bonchev–Trinajstić information content (AvgIpc) is 3.35. The molecule has 176 valence electrons. The van der Waals surface area contributed by atoms with Gasteiger partial charge in [-0.2, -0.15) is 0 Å². The summed E-state index contributed by atoms with van der Waals surface area (Å²) in [4.78, 5) is 37.7. The summed E-state index contributed by atoms with van der Waals surface area (Å²) >= 11 is 1.23. The minimum absolute atomic E-state index is 0.0466. The quantitative estimate of drug-likeness (QED) is 0.426. The van der Waals surface area contributed by atoms with Crippen molar-refractivity contribution in [1.82, 2.24) is 9.88 Å². The van der Waals surface area contributed by atoms with Crippen LogP contribution in [0, 0.1) is 0 Å². The number of hydrogen-bond acceptors (Lipinski definition) is 8. The maximum atomic E-state index is 13.1. The van der Waals surface area contributed by atoms with Gasteiger partial charge in [-0.05, 0) is 25.0 Å². The molecule has 1 aromatic carbocycles. The number of benzene rings is 1. The van der Waals surface area contributed by atoms with E-state index in [1.165, 1.54) is 16.2 Å². The van der Waals surface area contributed by atoms with Crippen molar-refractivity contribution < 1.29 is 23.4 Å². The molecule has 4 rings (SSSR count). The number of carbonyl (C=O) groups excluding carboxylic acids is 2. The summed E-state index contributed by atoms with van der Waals surface area (Å²) in [6.07, 6.45) is 4.25. The van der Waals surface area contributed by atoms with E-state index in [0.717, 1.165) is 22.6 Å². The van der Waals surface area contributed by atoms with E-state index in [4.69, 9.17) is 9.57 Å². The molecule has 1 saturated heterocycles. The molecular formula is C22H26N4O5S2. The summed E-state index contributed by atoms with van der Waals surface area (Å²) in [5.74, 6) is -0.528. The topological polar surface area (TPSA) is 110 Å². The Morgan fingerprint density at radius 1 is 1.27 bits per heavy atom. The molecule has 0 radical (unpaired) electrons. The van der Waals surface area contributed by atoms with Crippen molar-refractivity contribution in [3.63, 3.8) is 0 Å². The second-order valence-corrected chi connectivity index (χ2v) is 11.0. The maximum absolute atomic E-state index is 13.1. The van der Waals surface area contributed by atoms with Gasteiger partial charge in [-0.3, -0.25) is 19.1 Å². The summed E-state index contributed by atoms with van der Waals surface area (Å²) in [6, 6.07) is 6.98. The number of hydrogen-bond donors (Lipinski definition) is 1. The molecule has 2 aromatic rings. The molecule has 1 N–H and O–H groups in total. The zero-order valence-electron chi connectivity index (χ0n) is 18.5. The van der Waals surface area contributed by atoms with Crippen LogP contribution in [0.1, 0.15) is 29.7 Å². The van der Waals surface area contributed by atoms with Crippen LogP contribution in [-0.4, -0.2) is 70.3 Å². The van der Waals surface area contributed by atoms with Crippen LogP contribution in [0.2, 0.25) is 0 Å². The van der Waals surface area contributed by atoms with Crippen molar-refractivity contribution in [3.05, 3.63) is 40.9 Å². The molecule has 2 heterocycles. The largest absolute Gasteiger partial charge is 0.389 e. The van der Waals surface area contributed by atoms with Crippen LogP contribution in [0.15, 0.2) is 40.5 Å². The lowest BCUT2D eigenvalue weighted by Gasteiger charge is -2.10. The molecule has 1 aliphatic carbocycles. The van der Waals surface area contributed by atoms with Crippen molar-refractivity contribution >= 4 is 44.8 Å². The van der Waals surface area contributed by atoms with Crippen LogP contribution in [0.25, 0.3) is 0 Å². The first kappa shape index (κ1) is 23.5. The van der Waals surface area contributed by atoms with Gasteiger partial charge in [0, 0.05) is 47.3 Å². The van der Waals surface area contributed by atoms with Gasteiger partial charge in [0.05, 0.1) is 30.4 Å². The van der Waals surface area contributed by atoms with Gasteiger partial charge in [-0.25, -0.2) is 4.98 Å². The zero-order chi connectivity index (χ0) is 23.4. The summed E-state index contributed by atoms with van der Waals surface area (Å²) in [7, 11) is 2.35. The third-order valence-corrected chi connectivity index (χ3v) is 7.91. The number of aromatic nitrogens is 1. The van der Waals surface area contributed by atoms with Crippen LogP contribution in [0.5, 0.6) is 0 Å². The predicted octanol–water partition coefficient (Wildman–Crippen LogP) is 2.19. The lowest BCUT2D eigenvalue weighted by Crippen LogP contribution is -2.25. The molecule has 0 spiro atoms. The van der Waals surface area contributed by atoms with E-state index in [2.05, 4.69) is 15.5 Å². The summed E-state index contributed by atoms with van der Waals surface area (Å²) in [5.41, 5.74) is 0.634. The Hall–Kier alpha value is -2.63. The lowest BCUT2D eigenvalue weighted by atomic mass is 10.1. The number of thiazole rings is 1. The number of nitrogens with zero attached hydrogens (tertiary/aromatic N) is 3. The molecule has 9 nitrogen and oxygen atoms in total. The SMILES string of the molecule is CN(C)C(=O)Cc1cnc(NC(=O)/C(=N/O[C@@H]2CCOC2)c2ccc(S(=O)C3CC3)cc2)s1. The van der Waals surface area contributed by atoms with Crippen LogP contribution in [-0.2, 0) is 36.4 Å². The summed E-state index contributed by atoms with van der Waals surface area (Å²) in [5, 5.41) is 7.48. The Kier molecular flexibility index (Phi) is 7.51. The number of nitrogens with one attached hydrogen (secondary N) is 1. The van der Waals surface area contributed by atoms with E-state index in [0.29, 0.717) is 30.3 Å². The number of anilines is 1. The fraction of sp³-hybridized carbons (Fsp3) is 0.455. The third kappa shape index (κ3) is 6.24. The Bertz CT molecular complexity index is 1060. The molecule has 1 aliphatic heterocycles. The monoisotopic (exact) mass is 490 g/mol. The first-order valence-electron chi connectivity index (χ1n) is 10.7. The van der Waals surface area contributed by atoms with E-state index >= 15 is 0 Å². The Balaban J connectivity index is 1.49. The number of oxime groups is 1. The highest BCUT2D eigenvalue weighted by Crippen LogP contribution is 2.30. The minimum Gasteiger partial charge on any atom is -0.389 e. The second-order valence-electron chi connectivity index (χ2n) is 8.10. The molecule has 11 heteroatoms. The van der Waals surface area contributed by atoms with E-state index in [1.54, 1.807) is 44.6 Å². The average molecular weight is 491 g/mol. The Labute approximate surface area is 198 Å². The van der Waals surface area contributed by atoms with Gasteiger partial charge >= 0.3 is 0 Å². The fourth-order valence-corrected chi connectivity index (χ4v) is 5.23. The van der Waals surface area contributed by atoms with Gasteiger partial charge < -0.3 is 14.5 Å². The standard InChI is InChI=1S/C22H26N4O5S2/c1-26(2)19(27)11-16-12-23-22(32-16)24-21(28)20(25-31-15-9-10-30-13-15)14-3-5-17(6-4-14)33(29)18-7-8-18/h3-6,12,15,18H,7-11,13H2,1-2H3,(H,23,24,28)/b25-20+/t15-,33?/m1/s1. The first-order chi connectivity index (χ1) is 15.9. The zero-order valence-corrected chi connectivity index (χ0v) is 20.1. The van der Waals surface area contributed by atoms with Crippen molar-refractivity contribution in [1.29, 1.82) is 0 Å². The maximum Gasteiger partial charge on any atom is 0.280 e. The number of likely N-dealkylation sites (N-methyl/N-ethyl adjacent to an activating group) is 1. The third-order valence-electron chi connectivity index (χ3n) is 5.18. The van der Waals surface area contributed by atoms with Crippen LogP contribution >= 0.6 is 11.3 Å².